The van der Waals surface area contributed by atoms with Crippen LogP contribution in [0.5, 0.6) is 0 Å². The average molecular weight is 269 g/mol. The minimum Gasteiger partial charge on any atom is -0.289 e. The van der Waals surface area contributed by atoms with E-state index in [0.29, 0.717) is 6.04 Å². The molecule has 1 aliphatic heterocycles. The summed E-state index contributed by atoms with van der Waals surface area (Å²) < 4.78 is 0. The second kappa shape index (κ2) is 6.58. The highest BCUT2D eigenvalue weighted by Crippen LogP contribution is 2.40. The van der Waals surface area contributed by atoms with Crippen LogP contribution in [0.2, 0.25) is 0 Å². The van der Waals surface area contributed by atoms with E-state index in [9.17, 15) is 0 Å². The molecule has 3 atom stereocenters. The lowest BCUT2D eigenvalue weighted by Gasteiger charge is -2.32. The molecule has 1 aliphatic carbocycles. The third kappa shape index (κ3) is 2.98. The Bertz CT molecular complexity index is 436. The SMILES string of the molecule is CCCCCC[C@H]1[C@@H]2C=C[C@@H](C2)N1Cc1ccccc1. The molecule has 1 saturated heterocycles. The van der Waals surface area contributed by atoms with Crippen molar-refractivity contribution in [3.8, 4) is 0 Å². The summed E-state index contributed by atoms with van der Waals surface area (Å²) in [6, 6.07) is 12.5. The lowest BCUT2D eigenvalue weighted by atomic mass is 9.95. The first-order valence-electron chi connectivity index (χ1n) is 8.36. The molecule has 1 aromatic rings. The maximum atomic E-state index is 2.76. The van der Waals surface area contributed by atoms with Crippen molar-refractivity contribution in [3.05, 3.63) is 48.0 Å². The Hall–Kier alpha value is -1.08. The van der Waals surface area contributed by atoms with E-state index >= 15 is 0 Å². The fraction of sp³-hybridized carbons (Fsp3) is 0.579. The second-order valence-electron chi connectivity index (χ2n) is 6.43. The molecular formula is C19H27N. The fourth-order valence-corrected chi connectivity index (χ4v) is 3.92. The normalized spacial score (nSPS) is 28.4. The summed E-state index contributed by atoms with van der Waals surface area (Å²) in [6.07, 6.45) is 13.2. The van der Waals surface area contributed by atoms with Crippen molar-refractivity contribution in [2.45, 2.75) is 64.1 Å². The second-order valence-corrected chi connectivity index (χ2v) is 6.43. The third-order valence-corrected chi connectivity index (χ3v) is 5.00. The van der Waals surface area contributed by atoms with Gasteiger partial charge in [0.2, 0.25) is 0 Å². The van der Waals surface area contributed by atoms with Crippen LogP contribution in [0.25, 0.3) is 0 Å². The van der Waals surface area contributed by atoms with Gasteiger partial charge < -0.3 is 0 Å². The van der Waals surface area contributed by atoms with Gasteiger partial charge in [-0.15, -0.1) is 0 Å². The van der Waals surface area contributed by atoms with Crippen molar-refractivity contribution in [3.63, 3.8) is 0 Å². The molecule has 20 heavy (non-hydrogen) atoms. The summed E-state index contributed by atoms with van der Waals surface area (Å²) >= 11 is 0. The van der Waals surface area contributed by atoms with Gasteiger partial charge in [0, 0.05) is 18.6 Å². The van der Waals surface area contributed by atoms with Crippen molar-refractivity contribution < 1.29 is 0 Å². The molecule has 0 N–H and O–H groups in total. The number of fused-ring (bicyclic) bond motifs is 2. The first kappa shape index (κ1) is 13.9. The summed E-state index contributed by atoms with van der Waals surface area (Å²) in [6.45, 7) is 3.42. The molecule has 2 bridgehead atoms. The number of rotatable bonds is 7. The largest absolute Gasteiger partial charge is 0.289 e. The van der Waals surface area contributed by atoms with Gasteiger partial charge in [0.15, 0.2) is 0 Å². The Labute approximate surface area is 123 Å². The smallest absolute Gasteiger partial charge is 0.0291 e. The van der Waals surface area contributed by atoms with Gasteiger partial charge in [-0.1, -0.05) is 75.1 Å². The van der Waals surface area contributed by atoms with E-state index in [-0.39, 0.29) is 0 Å². The van der Waals surface area contributed by atoms with Crippen LogP contribution < -0.4 is 0 Å². The van der Waals surface area contributed by atoms with Gasteiger partial charge in [0.1, 0.15) is 0 Å². The monoisotopic (exact) mass is 269 g/mol. The highest BCUT2D eigenvalue weighted by molar-refractivity contribution is 5.20. The third-order valence-electron chi connectivity index (χ3n) is 5.00. The maximum Gasteiger partial charge on any atom is 0.0291 e. The molecule has 0 unspecified atom stereocenters. The molecule has 0 radical (unpaired) electrons. The zero-order chi connectivity index (χ0) is 13.8. The molecule has 1 heteroatoms. The molecule has 1 fully saturated rings. The van der Waals surface area contributed by atoms with Gasteiger partial charge in [-0.2, -0.15) is 0 Å². The van der Waals surface area contributed by atoms with Crippen LogP contribution in [0.1, 0.15) is 51.0 Å². The number of nitrogens with zero attached hydrogens (tertiary/aromatic N) is 1. The lowest BCUT2D eigenvalue weighted by molar-refractivity contribution is 0.177. The maximum absolute atomic E-state index is 2.76. The van der Waals surface area contributed by atoms with Crippen LogP contribution in [-0.4, -0.2) is 17.0 Å². The molecule has 1 heterocycles. The topological polar surface area (TPSA) is 3.24 Å². The lowest BCUT2D eigenvalue weighted by Crippen LogP contribution is -2.38. The molecule has 3 rings (SSSR count). The van der Waals surface area contributed by atoms with Gasteiger partial charge in [-0.25, -0.2) is 0 Å². The Balaban J connectivity index is 1.60. The predicted molar refractivity (Wildman–Crippen MR) is 85.6 cm³/mol. The molecular weight excluding hydrogens is 242 g/mol. The summed E-state index contributed by atoms with van der Waals surface area (Å²) in [5, 5.41) is 0. The zero-order valence-corrected chi connectivity index (χ0v) is 12.7. The van der Waals surface area contributed by atoms with E-state index in [0.717, 1.165) is 18.5 Å². The number of likely N-dealkylation sites (tertiary alicyclic amines) is 1. The van der Waals surface area contributed by atoms with Crippen LogP contribution in [0, 0.1) is 5.92 Å². The highest BCUT2D eigenvalue weighted by Gasteiger charge is 2.41. The predicted octanol–water partition coefficient (Wildman–Crippen LogP) is 4.79. The average Bonchev–Trinajstić information content (AvgIpc) is 3.07. The molecule has 1 aromatic carbocycles. The van der Waals surface area contributed by atoms with Gasteiger partial charge in [-0.05, 0) is 24.3 Å². The van der Waals surface area contributed by atoms with E-state index in [1.54, 1.807) is 0 Å². The molecule has 1 nitrogen and oxygen atoms in total. The van der Waals surface area contributed by atoms with E-state index in [1.807, 2.05) is 0 Å². The Morgan fingerprint density at radius 3 is 2.70 bits per heavy atom. The first-order chi connectivity index (χ1) is 9.88. The molecule has 108 valence electrons. The Morgan fingerprint density at radius 1 is 1.05 bits per heavy atom. The van der Waals surface area contributed by atoms with Gasteiger partial charge in [-0.3, -0.25) is 4.90 Å². The van der Waals surface area contributed by atoms with Crippen molar-refractivity contribution in [2.75, 3.05) is 0 Å². The summed E-state index contributed by atoms with van der Waals surface area (Å²) in [5.41, 5.74) is 1.46. The zero-order valence-electron chi connectivity index (χ0n) is 12.7. The molecule has 0 amide bonds. The molecule has 0 aromatic heterocycles. The quantitative estimate of drug-likeness (QED) is 0.508. The van der Waals surface area contributed by atoms with Gasteiger partial charge in [0.25, 0.3) is 0 Å². The Kier molecular flexibility index (Phi) is 4.57. The van der Waals surface area contributed by atoms with Gasteiger partial charge in [0.05, 0.1) is 0 Å². The van der Waals surface area contributed by atoms with Crippen LogP contribution in [0.15, 0.2) is 42.5 Å². The summed E-state index contributed by atoms with van der Waals surface area (Å²) in [4.78, 5) is 2.76. The van der Waals surface area contributed by atoms with E-state index < -0.39 is 0 Å². The minimum absolute atomic E-state index is 0.705. The fourth-order valence-electron chi connectivity index (χ4n) is 3.92. The van der Waals surface area contributed by atoms with E-state index in [1.165, 1.54) is 44.1 Å². The standard InChI is InChI=1S/C19H27N/c1-2-3-4-8-11-19-17-12-13-18(14-17)20(19)15-16-9-6-5-7-10-16/h5-7,9-10,12-13,17-19H,2-4,8,11,14-15H2,1H3/t17-,18+,19+/m1/s1. The Morgan fingerprint density at radius 2 is 1.90 bits per heavy atom. The minimum atomic E-state index is 0.705. The van der Waals surface area contributed by atoms with Crippen molar-refractivity contribution in [1.82, 2.24) is 4.90 Å². The molecule has 0 spiro atoms. The number of benzene rings is 1. The summed E-state index contributed by atoms with van der Waals surface area (Å²) in [7, 11) is 0. The number of unbranched alkanes of at least 4 members (excludes halogenated alkanes) is 3. The van der Waals surface area contributed by atoms with E-state index in [4.69, 9.17) is 0 Å². The first-order valence-corrected chi connectivity index (χ1v) is 8.36. The van der Waals surface area contributed by atoms with E-state index in [2.05, 4.69) is 54.3 Å². The van der Waals surface area contributed by atoms with Crippen molar-refractivity contribution in [2.24, 2.45) is 5.92 Å². The van der Waals surface area contributed by atoms with Crippen molar-refractivity contribution in [1.29, 1.82) is 0 Å². The molecule has 2 aliphatic rings. The van der Waals surface area contributed by atoms with Crippen LogP contribution in [-0.2, 0) is 6.54 Å². The van der Waals surface area contributed by atoms with Crippen LogP contribution >= 0.6 is 0 Å². The van der Waals surface area contributed by atoms with Gasteiger partial charge >= 0.3 is 0 Å². The number of hydrogen-bond acceptors (Lipinski definition) is 1. The summed E-state index contributed by atoms with van der Waals surface area (Å²) in [5.74, 6) is 0.824. The van der Waals surface area contributed by atoms with Crippen LogP contribution in [0.3, 0.4) is 0 Å². The van der Waals surface area contributed by atoms with Crippen LogP contribution in [0.4, 0.5) is 0 Å². The molecule has 0 saturated carbocycles. The highest BCUT2D eigenvalue weighted by atomic mass is 15.2. The number of hydrogen-bond donors (Lipinski definition) is 0. The van der Waals surface area contributed by atoms with Crippen molar-refractivity contribution >= 4 is 0 Å².